The monoisotopic (exact) mass is 292 g/mol. The Morgan fingerprint density at radius 3 is 2.82 bits per heavy atom. The zero-order valence-corrected chi connectivity index (χ0v) is 11.4. The molecule has 0 amide bonds. The molecule has 0 atom stereocenters. The molecule has 0 saturated carbocycles. The standard InChI is InChI=1S/C13H13BrN2O/c1-9-4-3-5-11(13(9)14)12(17)8-10-6-7-16(2)15-10/h3-7H,8H2,1-2H3. The van der Waals surface area contributed by atoms with Crippen LogP contribution in [-0.4, -0.2) is 15.6 Å². The number of Topliss-reactive ketones (excluding diaryl/α,β-unsaturated/α-hetero) is 1. The number of aromatic nitrogens is 2. The molecule has 0 aliphatic heterocycles. The molecule has 0 fully saturated rings. The molecule has 0 aliphatic rings. The highest BCUT2D eigenvalue weighted by Gasteiger charge is 2.13. The van der Waals surface area contributed by atoms with Crippen LogP contribution < -0.4 is 0 Å². The fourth-order valence-electron chi connectivity index (χ4n) is 1.68. The number of nitrogens with zero attached hydrogens (tertiary/aromatic N) is 2. The number of halogens is 1. The lowest BCUT2D eigenvalue weighted by Gasteiger charge is -2.04. The molecule has 1 heterocycles. The molecule has 3 nitrogen and oxygen atoms in total. The Morgan fingerprint density at radius 1 is 1.41 bits per heavy atom. The van der Waals surface area contributed by atoms with E-state index in [1.54, 1.807) is 4.68 Å². The van der Waals surface area contributed by atoms with Crippen molar-refractivity contribution < 1.29 is 4.79 Å². The van der Waals surface area contributed by atoms with Crippen LogP contribution in [0.3, 0.4) is 0 Å². The SMILES string of the molecule is Cc1cccc(C(=O)Cc2ccn(C)n2)c1Br. The molecular weight excluding hydrogens is 280 g/mol. The Balaban J connectivity index is 2.23. The van der Waals surface area contributed by atoms with Crippen LogP contribution in [0.2, 0.25) is 0 Å². The first kappa shape index (κ1) is 12.0. The van der Waals surface area contributed by atoms with E-state index in [-0.39, 0.29) is 5.78 Å². The van der Waals surface area contributed by atoms with Crippen LogP contribution >= 0.6 is 15.9 Å². The van der Waals surface area contributed by atoms with E-state index in [1.165, 1.54) is 0 Å². The van der Waals surface area contributed by atoms with Crippen LogP contribution in [0, 0.1) is 6.92 Å². The zero-order valence-electron chi connectivity index (χ0n) is 9.77. The molecule has 0 N–H and O–H groups in total. The zero-order chi connectivity index (χ0) is 12.4. The summed E-state index contributed by atoms with van der Waals surface area (Å²) in [6, 6.07) is 7.57. The van der Waals surface area contributed by atoms with E-state index in [9.17, 15) is 4.79 Å². The number of carbonyl (C=O) groups is 1. The highest BCUT2D eigenvalue weighted by molar-refractivity contribution is 9.10. The Morgan fingerprint density at radius 2 is 2.18 bits per heavy atom. The second kappa shape index (κ2) is 4.84. The van der Waals surface area contributed by atoms with E-state index < -0.39 is 0 Å². The van der Waals surface area contributed by atoms with Gasteiger partial charge in [-0.1, -0.05) is 18.2 Å². The highest BCUT2D eigenvalue weighted by atomic mass is 79.9. The van der Waals surface area contributed by atoms with Crippen molar-refractivity contribution in [2.24, 2.45) is 7.05 Å². The number of aryl methyl sites for hydroxylation is 2. The number of benzene rings is 1. The second-order valence-electron chi connectivity index (χ2n) is 4.02. The summed E-state index contributed by atoms with van der Waals surface area (Å²) in [5, 5.41) is 4.21. The van der Waals surface area contributed by atoms with Gasteiger partial charge in [0.1, 0.15) is 0 Å². The molecule has 88 valence electrons. The minimum atomic E-state index is 0.0827. The maximum Gasteiger partial charge on any atom is 0.170 e. The van der Waals surface area contributed by atoms with Crippen LogP contribution in [0.15, 0.2) is 34.9 Å². The first-order valence-electron chi connectivity index (χ1n) is 5.35. The minimum absolute atomic E-state index is 0.0827. The quantitative estimate of drug-likeness (QED) is 0.816. The smallest absolute Gasteiger partial charge is 0.170 e. The van der Waals surface area contributed by atoms with Gasteiger partial charge in [-0.3, -0.25) is 9.48 Å². The highest BCUT2D eigenvalue weighted by Crippen LogP contribution is 2.22. The lowest BCUT2D eigenvalue weighted by Crippen LogP contribution is -2.06. The lowest BCUT2D eigenvalue weighted by molar-refractivity contribution is 0.0991. The third-order valence-corrected chi connectivity index (χ3v) is 3.66. The van der Waals surface area contributed by atoms with E-state index in [4.69, 9.17) is 0 Å². The van der Waals surface area contributed by atoms with Crippen LogP contribution in [0.25, 0.3) is 0 Å². The summed E-state index contributed by atoms with van der Waals surface area (Å²) in [5.74, 6) is 0.0827. The summed E-state index contributed by atoms with van der Waals surface area (Å²) in [6.45, 7) is 1.97. The van der Waals surface area contributed by atoms with Gasteiger partial charge in [-0.2, -0.15) is 5.10 Å². The molecule has 2 rings (SSSR count). The Labute approximate surface area is 109 Å². The molecule has 2 aromatic rings. The largest absolute Gasteiger partial charge is 0.294 e. The molecule has 4 heteroatoms. The fourth-order valence-corrected chi connectivity index (χ4v) is 2.17. The van der Waals surface area contributed by atoms with Gasteiger partial charge in [-0.05, 0) is 34.5 Å². The Hall–Kier alpha value is -1.42. The van der Waals surface area contributed by atoms with E-state index in [1.807, 2.05) is 44.4 Å². The molecule has 1 aromatic carbocycles. The van der Waals surface area contributed by atoms with Gasteiger partial charge < -0.3 is 0 Å². The van der Waals surface area contributed by atoms with Gasteiger partial charge in [0, 0.05) is 23.3 Å². The number of hydrogen-bond donors (Lipinski definition) is 0. The van der Waals surface area contributed by atoms with E-state index in [2.05, 4.69) is 21.0 Å². The van der Waals surface area contributed by atoms with Crippen molar-refractivity contribution in [2.75, 3.05) is 0 Å². The van der Waals surface area contributed by atoms with Crippen molar-refractivity contribution in [2.45, 2.75) is 13.3 Å². The van der Waals surface area contributed by atoms with Gasteiger partial charge in [0.15, 0.2) is 5.78 Å². The topological polar surface area (TPSA) is 34.9 Å². The average Bonchev–Trinajstić information content (AvgIpc) is 2.68. The third kappa shape index (κ3) is 2.64. The average molecular weight is 293 g/mol. The van der Waals surface area contributed by atoms with Crippen molar-refractivity contribution in [1.29, 1.82) is 0 Å². The maximum absolute atomic E-state index is 12.1. The molecule has 0 saturated heterocycles. The summed E-state index contributed by atoms with van der Waals surface area (Å²) in [6.07, 6.45) is 2.18. The van der Waals surface area contributed by atoms with Gasteiger partial charge in [0.05, 0.1) is 12.1 Å². The minimum Gasteiger partial charge on any atom is -0.294 e. The molecule has 0 unspecified atom stereocenters. The first-order valence-corrected chi connectivity index (χ1v) is 6.14. The summed E-state index contributed by atoms with van der Waals surface area (Å²) in [5.41, 5.74) is 2.58. The molecular formula is C13H13BrN2O. The van der Waals surface area contributed by atoms with Crippen molar-refractivity contribution >= 4 is 21.7 Å². The van der Waals surface area contributed by atoms with Crippen molar-refractivity contribution in [3.8, 4) is 0 Å². The number of hydrogen-bond acceptors (Lipinski definition) is 2. The second-order valence-corrected chi connectivity index (χ2v) is 4.81. The lowest BCUT2D eigenvalue weighted by atomic mass is 10.0. The summed E-state index contributed by atoms with van der Waals surface area (Å²) in [7, 11) is 1.84. The number of ketones is 1. The Bertz CT molecular complexity index is 560. The number of rotatable bonds is 3. The van der Waals surface area contributed by atoms with Crippen LogP contribution in [0.4, 0.5) is 0 Å². The normalized spacial score (nSPS) is 10.5. The summed E-state index contributed by atoms with van der Waals surface area (Å²) in [4.78, 5) is 12.1. The van der Waals surface area contributed by atoms with Gasteiger partial charge in [-0.15, -0.1) is 0 Å². The van der Waals surface area contributed by atoms with Crippen LogP contribution in [0.1, 0.15) is 21.6 Å². The van der Waals surface area contributed by atoms with Gasteiger partial charge in [-0.25, -0.2) is 0 Å². The fraction of sp³-hybridized carbons (Fsp3) is 0.231. The summed E-state index contributed by atoms with van der Waals surface area (Å²) >= 11 is 3.45. The molecule has 0 spiro atoms. The Kier molecular flexibility index (Phi) is 3.43. The maximum atomic E-state index is 12.1. The summed E-state index contributed by atoms with van der Waals surface area (Å²) < 4.78 is 2.58. The third-order valence-electron chi connectivity index (χ3n) is 2.60. The molecule has 1 aromatic heterocycles. The predicted molar refractivity (Wildman–Crippen MR) is 70.1 cm³/mol. The van der Waals surface area contributed by atoms with Crippen molar-refractivity contribution in [1.82, 2.24) is 9.78 Å². The van der Waals surface area contributed by atoms with Gasteiger partial charge in [0.25, 0.3) is 0 Å². The van der Waals surface area contributed by atoms with Gasteiger partial charge >= 0.3 is 0 Å². The molecule has 0 radical (unpaired) electrons. The van der Waals surface area contributed by atoms with E-state index >= 15 is 0 Å². The number of carbonyl (C=O) groups excluding carboxylic acids is 1. The van der Waals surface area contributed by atoms with E-state index in [0.29, 0.717) is 6.42 Å². The van der Waals surface area contributed by atoms with Crippen molar-refractivity contribution in [3.63, 3.8) is 0 Å². The van der Waals surface area contributed by atoms with Crippen molar-refractivity contribution in [3.05, 3.63) is 51.8 Å². The molecule has 0 bridgehead atoms. The predicted octanol–water partition coefficient (Wildman–Crippen LogP) is 2.92. The molecule has 17 heavy (non-hydrogen) atoms. The first-order chi connectivity index (χ1) is 8.08. The van der Waals surface area contributed by atoms with E-state index in [0.717, 1.165) is 21.3 Å². The van der Waals surface area contributed by atoms with Crippen LogP contribution in [-0.2, 0) is 13.5 Å². The van der Waals surface area contributed by atoms with Gasteiger partial charge in [0.2, 0.25) is 0 Å². The van der Waals surface area contributed by atoms with Crippen LogP contribution in [0.5, 0.6) is 0 Å². The molecule has 0 aliphatic carbocycles.